The third-order valence-electron chi connectivity index (χ3n) is 3.98. The number of hydrogen-bond donors (Lipinski definition) is 1. The van der Waals surface area contributed by atoms with Crippen molar-refractivity contribution in [2.75, 3.05) is 23.7 Å². The molecule has 0 amide bonds. The van der Waals surface area contributed by atoms with Crippen molar-refractivity contribution in [2.24, 2.45) is 16.6 Å². The molecule has 8 heteroatoms. The summed E-state index contributed by atoms with van der Waals surface area (Å²) in [5, 5.41) is 0.662. The number of fused-ring (bicyclic) bond motifs is 1. The molecule has 2 atom stereocenters. The fourth-order valence-electron chi connectivity index (χ4n) is 3.00. The number of amidine groups is 1. The molecule has 0 saturated carbocycles. The van der Waals surface area contributed by atoms with Crippen molar-refractivity contribution in [3.8, 4) is 0 Å². The van der Waals surface area contributed by atoms with Crippen LogP contribution in [-0.4, -0.2) is 39.0 Å². The maximum atomic E-state index is 6.01. The highest BCUT2D eigenvalue weighted by atomic mass is 32.2. The first-order chi connectivity index (χ1) is 10.3. The van der Waals surface area contributed by atoms with E-state index in [0.717, 1.165) is 24.8 Å². The molecule has 1 fully saturated rings. The van der Waals surface area contributed by atoms with E-state index in [0.29, 0.717) is 11.1 Å². The normalized spacial score (nSPS) is 28.3. The van der Waals surface area contributed by atoms with Gasteiger partial charge in [-0.1, -0.05) is 11.8 Å². The molecule has 0 aromatic carbocycles. The first-order valence-corrected chi connectivity index (χ1v) is 8.53. The summed E-state index contributed by atoms with van der Waals surface area (Å²) < 4.78 is 0. The van der Waals surface area contributed by atoms with Crippen molar-refractivity contribution in [2.45, 2.75) is 5.54 Å². The average Bonchev–Trinajstić information content (AvgIpc) is 3.15. The number of thiazole rings is 1. The third kappa shape index (κ3) is 2.09. The van der Waals surface area contributed by atoms with E-state index in [1.807, 2.05) is 17.8 Å². The Morgan fingerprint density at radius 2 is 2.19 bits per heavy atom. The van der Waals surface area contributed by atoms with Crippen LogP contribution in [0.2, 0.25) is 0 Å². The fraction of sp³-hybridized carbons (Fsp3) is 0.385. The third-order valence-corrected chi connectivity index (χ3v) is 5.88. The average molecular weight is 318 g/mol. The zero-order valence-electron chi connectivity index (χ0n) is 11.2. The number of nitrogens with two attached hydrogens (primary N) is 1. The summed E-state index contributed by atoms with van der Waals surface area (Å²) in [4.78, 5) is 21.2. The summed E-state index contributed by atoms with van der Waals surface area (Å²) in [5.41, 5.74) is 7.58. The monoisotopic (exact) mass is 318 g/mol. The molecule has 6 nitrogen and oxygen atoms in total. The first kappa shape index (κ1) is 13.0. The number of rotatable bonds is 2. The minimum absolute atomic E-state index is 0.296. The van der Waals surface area contributed by atoms with Crippen LogP contribution in [0.25, 0.3) is 0 Å². The number of thioether (sulfide) groups is 1. The Balaban J connectivity index is 1.76. The van der Waals surface area contributed by atoms with Gasteiger partial charge in [-0.05, 0) is 6.07 Å². The minimum atomic E-state index is -0.296. The van der Waals surface area contributed by atoms with Crippen LogP contribution >= 0.6 is 23.1 Å². The highest BCUT2D eigenvalue weighted by Crippen LogP contribution is 2.46. The van der Waals surface area contributed by atoms with Gasteiger partial charge in [0.1, 0.15) is 5.54 Å². The second-order valence-electron chi connectivity index (χ2n) is 5.18. The lowest BCUT2D eigenvalue weighted by Crippen LogP contribution is -2.39. The Kier molecular flexibility index (Phi) is 3.07. The number of aliphatic imine (C=N–C) groups is 1. The van der Waals surface area contributed by atoms with E-state index >= 15 is 0 Å². The Morgan fingerprint density at radius 1 is 1.33 bits per heavy atom. The van der Waals surface area contributed by atoms with Crippen molar-refractivity contribution in [3.05, 3.63) is 35.0 Å². The highest BCUT2D eigenvalue weighted by molar-refractivity contribution is 8.13. The maximum Gasteiger partial charge on any atom is 0.225 e. The maximum absolute atomic E-state index is 6.01. The zero-order valence-corrected chi connectivity index (χ0v) is 12.8. The standard InChI is InChI=1S/C13H14N6S2/c14-11-18-13(10-4-15-8-21-10)7-19(5-9(13)6-20-11)12-16-2-1-3-17-12/h1-4,8-9H,5-7H2,(H2,14,18). The summed E-state index contributed by atoms with van der Waals surface area (Å²) in [5.74, 6) is 2.13. The molecular weight excluding hydrogens is 304 g/mol. The lowest BCUT2D eigenvalue weighted by atomic mass is 9.87. The van der Waals surface area contributed by atoms with E-state index in [-0.39, 0.29) is 5.54 Å². The summed E-state index contributed by atoms with van der Waals surface area (Å²) >= 11 is 3.28. The quantitative estimate of drug-likeness (QED) is 0.900. The Morgan fingerprint density at radius 3 is 2.95 bits per heavy atom. The number of hydrogen-bond acceptors (Lipinski definition) is 8. The lowest BCUT2D eigenvalue weighted by molar-refractivity contribution is 0.394. The van der Waals surface area contributed by atoms with Gasteiger partial charge < -0.3 is 10.6 Å². The van der Waals surface area contributed by atoms with Crippen molar-refractivity contribution in [3.63, 3.8) is 0 Å². The van der Waals surface area contributed by atoms with E-state index in [2.05, 4.69) is 19.9 Å². The molecule has 2 aromatic heterocycles. The molecule has 4 heterocycles. The number of nitrogens with zero attached hydrogens (tertiary/aromatic N) is 5. The molecule has 1 saturated heterocycles. The first-order valence-electron chi connectivity index (χ1n) is 6.67. The molecule has 2 aliphatic heterocycles. The predicted molar refractivity (Wildman–Crippen MR) is 85.6 cm³/mol. The van der Waals surface area contributed by atoms with Crippen LogP contribution in [-0.2, 0) is 5.54 Å². The van der Waals surface area contributed by atoms with E-state index in [4.69, 9.17) is 10.7 Å². The van der Waals surface area contributed by atoms with Crippen LogP contribution < -0.4 is 10.6 Å². The minimum Gasteiger partial charge on any atom is -0.379 e. The SMILES string of the molecule is NC1=NC2(c3cncs3)CN(c3ncccn3)CC2CS1. The van der Waals surface area contributed by atoms with Crippen LogP contribution in [0.5, 0.6) is 0 Å². The Labute approximate surface area is 130 Å². The zero-order chi connectivity index (χ0) is 14.3. The Hall–Kier alpha value is -1.67. The van der Waals surface area contributed by atoms with Crippen molar-refractivity contribution in [1.29, 1.82) is 0 Å². The Bertz CT molecular complexity index is 659. The highest BCUT2D eigenvalue weighted by Gasteiger charge is 2.51. The van der Waals surface area contributed by atoms with Gasteiger partial charge in [0.2, 0.25) is 5.95 Å². The molecule has 21 heavy (non-hydrogen) atoms. The number of anilines is 1. The summed E-state index contributed by atoms with van der Waals surface area (Å²) in [7, 11) is 0. The van der Waals surface area contributed by atoms with Crippen molar-refractivity contribution < 1.29 is 0 Å². The van der Waals surface area contributed by atoms with Crippen molar-refractivity contribution >= 4 is 34.2 Å². The van der Waals surface area contributed by atoms with E-state index in [1.54, 1.807) is 35.5 Å². The van der Waals surface area contributed by atoms with Crippen LogP contribution in [0.4, 0.5) is 5.95 Å². The van der Waals surface area contributed by atoms with Gasteiger partial charge in [0.15, 0.2) is 5.17 Å². The lowest BCUT2D eigenvalue weighted by Gasteiger charge is -2.32. The van der Waals surface area contributed by atoms with E-state index in [9.17, 15) is 0 Å². The van der Waals surface area contributed by atoms with Gasteiger partial charge in [0, 0.05) is 36.8 Å². The van der Waals surface area contributed by atoms with Gasteiger partial charge in [-0.15, -0.1) is 11.3 Å². The summed E-state index contributed by atoms with van der Waals surface area (Å²) in [6.45, 7) is 1.65. The molecule has 4 rings (SSSR count). The predicted octanol–water partition coefficient (Wildman–Crippen LogP) is 1.33. The largest absolute Gasteiger partial charge is 0.379 e. The van der Waals surface area contributed by atoms with Crippen LogP contribution in [0.15, 0.2) is 35.2 Å². The molecule has 2 aromatic rings. The smallest absolute Gasteiger partial charge is 0.225 e. The molecule has 108 valence electrons. The van der Waals surface area contributed by atoms with Gasteiger partial charge in [-0.2, -0.15) is 0 Å². The van der Waals surface area contributed by atoms with E-state index in [1.165, 1.54) is 4.88 Å². The molecule has 2 unspecified atom stereocenters. The molecular formula is C13H14N6S2. The number of aromatic nitrogens is 3. The van der Waals surface area contributed by atoms with Crippen molar-refractivity contribution in [1.82, 2.24) is 15.0 Å². The molecule has 0 spiro atoms. The van der Waals surface area contributed by atoms with Gasteiger partial charge in [0.05, 0.1) is 16.9 Å². The van der Waals surface area contributed by atoms with Crippen LogP contribution in [0.1, 0.15) is 4.88 Å². The van der Waals surface area contributed by atoms with Crippen LogP contribution in [0, 0.1) is 5.92 Å². The fourth-order valence-corrected chi connectivity index (χ4v) is 4.82. The van der Waals surface area contributed by atoms with Gasteiger partial charge >= 0.3 is 0 Å². The molecule has 0 bridgehead atoms. The second kappa shape index (κ2) is 4.96. The second-order valence-corrected chi connectivity index (χ2v) is 7.10. The van der Waals surface area contributed by atoms with Crippen LogP contribution in [0.3, 0.4) is 0 Å². The molecule has 2 N–H and O–H groups in total. The summed E-state index contributed by atoms with van der Waals surface area (Å²) in [6.07, 6.45) is 5.46. The van der Waals surface area contributed by atoms with Gasteiger partial charge in [-0.25, -0.2) is 15.0 Å². The topological polar surface area (TPSA) is 80.3 Å². The van der Waals surface area contributed by atoms with Gasteiger partial charge in [-0.3, -0.25) is 4.98 Å². The van der Waals surface area contributed by atoms with Gasteiger partial charge in [0.25, 0.3) is 0 Å². The summed E-state index contributed by atoms with van der Waals surface area (Å²) in [6, 6.07) is 1.83. The molecule has 0 radical (unpaired) electrons. The van der Waals surface area contributed by atoms with E-state index < -0.39 is 0 Å². The molecule has 2 aliphatic rings. The molecule has 0 aliphatic carbocycles.